The number of aliphatic carboxylic acids is 1. The van der Waals surface area contributed by atoms with Crippen LogP contribution in [0.1, 0.15) is 5.56 Å². The second-order valence-corrected chi connectivity index (χ2v) is 4.34. The highest BCUT2D eigenvalue weighted by atomic mass is 32.1. The first-order valence-corrected chi connectivity index (χ1v) is 5.58. The molecule has 2 nitrogen and oxygen atoms in total. The third kappa shape index (κ3) is 2.46. The van der Waals surface area contributed by atoms with Crippen molar-refractivity contribution in [1.82, 2.24) is 0 Å². The van der Waals surface area contributed by atoms with Crippen molar-refractivity contribution in [1.29, 1.82) is 0 Å². The number of carboxylic acids is 1. The molecule has 0 amide bonds. The van der Waals surface area contributed by atoms with Crippen LogP contribution >= 0.6 is 11.3 Å². The van der Waals surface area contributed by atoms with E-state index < -0.39 is 11.8 Å². The van der Waals surface area contributed by atoms with Gasteiger partial charge in [0.05, 0.1) is 6.42 Å². The van der Waals surface area contributed by atoms with Crippen molar-refractivity contribution in [3.63, 3.8) is 0 Å². The number of carboxylic acid groups (broad SMARTS) is 1. The summed E-state index contributed by atoms with van der Waals surface area (Å²) < 4.78 is 13.3. The van der Waals surface area contributed by atoms with E-state index in [1.165, 1.54) is 23.5 Å². The van der Waals surface area contributed by atoms with Gasteiger partial charge in [0.2, 0.25) is 0 Å². The standard InChI is InChI=1S/C12H9FO2S/c13-10-5-8(6-12(14)15)4-9(7-10)11-2-1-3-16-11/h1-5,7H,6H2,(H,14,15). The molecule has 82 valence electrons. The lowest BCUT2D eigenvalue weighted by atomic mass is 10.1. The molecule has 0 unspecified atom stereocenters. The predicted octanol–water partition coefficient (Wildman–Crippen LogP) is 3.18. The summed E-state index contributed by atoms with van der Waals surface area (Å²) in [7, 11) is 0. The van der Waals surface area contributed by atoms with Crippen molar-refractivity contribution >= 4 is 17.3 Å². The van der Waals surface area contributed by atoms with Gasteiger partial charge in [0.25, 0.3) is 0 Å². The van der Waals surface area contributed by atoms with Gasteiger partial charge < -0.3 is 5.11 Å². The topological polar surface area (TPSA) is 37.3 Å². The number of hydrogen-bond acceptors (Lipinski definition) is 2. The summed E-state index contributed by atoms with van der Waals surface area (Å²) in [5.74, 6) is -1.36. The normalized spacial score (nSPS) is 10.3. The molecular formula is C12H9FO2S. The van der Waals surface area contributed by atoms with Gasteiger partial charge in [-0.15, -0.1) is 11.3 Å². The average molecular weight is 236 g/mol. The summed E-state index contributed by atoms with van der Waals surface area (Å²) in [5.41, 5.74) is 1.21. The molecule has 0 radical (unpaired) electrons. The Hall–Kier alpha value is -1.68. The zero-order chi connectivity index (χ0) is 11.5. The van der Waals surface area contributed by atoms with E-state index in [4.69, 9.17) is 5.11 Å². The second kappa shape index (κ2) is 4.45. The van der Waals surface area contributed by atoms with E-state index in [9.17, 15) is 9.18 Å². The van der Waals surface area contributed by atoms with Crippen LogP contribution in [-0.4, -0.2) is 11.1 Å². The molecule has 0 saturated carbocycles. The third-order valence-electron chi connectivity index (χ3n) is 2.12. The van der Waals surface area contributed by atoms with Crippen molar-refractivity contribution < 1.29 is 14.3 Å². The van der Waals surface area contributed by atoms with Crippen LogP contribution in [0.4, 0.5) is 4.39 Å². The molecule has 0 fully saturated rings. The molecule has 0 atom stereocenters. The highest BCUT2D eigenvalue weighted by Gasteiger charge is 2.06. The molecular weight excluding hydrogens is 227 g/mol. The molecule has 0 saturated heterocycles. The number of rotatable bonds is 3. The van der Waals surface area contributed by atoms with Gasteiger partial charge in [-0.3, -0.25) is 4.79 Å². The molecule has 0 aliphatic rings. The van der Waals surface area contributed by atoms with E-state index in [0.29, 0.717) is 5.56 Å². The van der Waals surface area contributed by atoms with Gasteiger partial charge in [-0.25, -0.2) is 4.39 Å². The number of thiophene rings is 1. The minimum Gasteiger partial charge on any atom is -0.481 e. The van der Waals surface area contributed by atoms with E-state index >= 15 is 0 Å². The van der Waals surface area contributed by atoms with Crippen molar-refractivity contribution in [2.75, 3.05) is 0 Å². The summed E-state index contributed by atoms with van der Waals surface area (Å²) in [6.45, 7) is 0. The molecule has 4 heteroatoms. The van der Waals surface area contributed by atoms with Crippen LogP contribution in [0.2, 0.25) is 0 Å². The Balaban J connectivity index is 2.40. The minimum absolute atomic E-state index is 0.157. The molecule has 1 aromatic carbocycles. The van der Waals surface area contributed by atoms with Crippen LogP contribution in [0, 0.1) is 5.82 Å². The predicted molar refractivity (Wildman–Crippen MR) is 61.1 cm³/mol. The van der Waals surface area contributed by atoms with Crippen molar-refractivity contribution in [3.05, 3.63) is 47.1 Å². The largest absolute Gasteiger partial charge is 0.481 e. The lowest BCUT2D eigenvalue weighted by molar-refractivity contribution is -0.136. The Bertz CT molecular complexity index is 506. The van der Waals surface area contributed by atoms with Gasteiger partial charge in [0, 0.05) is 4.88 Å². The first-order valence-electron chi connectivity index (χ1n) is 4.70. The highest BCUT2D eigenvalue weighted by molar-refractivity contribution is 7.13. The maximum Gasteiger partial charge on any atom is 0.307 e. The molecule has 2 aromatic rings. The highest BCUT2D eigenvalue weighted by Crippen LogP contribution is 2.26. The molecule has 16 heavy (non-hydrogen) atoms. The lowest BCUT2D eigenvalue weighted by Gasteiger charge is -2.02. The minimum atomic E-state index is -0.956. The van der Waals surface area contributed by atoms with Crippen molar-refractivity contribution in [2.45, 2.75) is 6.42 Å². The fourth-order valence-corrected chi connectivity index (χ4v) is 2.23. The van der Waals surface area contributed by atoms with Crippen LogP contribution < -0.4 is 0 Å². The monoisotopic (exact) mass is 236 g/mol. The van der Waals surface area contributed by atoms with E-state index in [-0.39, 0.29) is 6.42 Å². The van der Waals surface area contributed by atoms with Crippen LogP contribution in [0.15, 0.2) is 35.7 Å². The smallest absolute Gasteiger partial charge is 0.307 e. The summed E-state index contributed by atoms with van der Waals surface area (Å²) in [6, 6.07) is 8.14. The molecule has 2 rings (SSSR count). The summed E-state index contributed by atoms with van der Waals surface area (Å²) in [5, 5.41) is 10.6. The third-order valence-corrected chi connectivity index (χ3v) is 3.04. The molecule has 0 bridgehead atoms. The van der Waals surface area contributed by atoms with E-state index in [2.05, 4.69) is 0 Å². The fraction of sp³-hybridized carbons (Fsp3) is 0.0833. The Kier molecular flexibility index (Phi) is 3.01. The maximum atomic E-state index is 13.3. The Morgan fingerprint density at radius 1 is 1.38 bits per heavy atom. The van der Waals surface area contributed by atoms with E-state index in [1.54, 1.807) is 6.07 Å². The van der Waals surface area contributed by atoms with Crippen LogP contribution in [0.25, 0.3) is 10.4 Å². The van der Waals surface area contributed by atoms with Crippen molar-refractivity contribution in [2.24, 2.45) is 0 Å². The summed E-state index contributed by atoms with van der Waals surface area (Å²) >= 11 is 1.50. The summed E-state index contributed by atoms with van der Waals surface area (Å²) in [4.78, 5) is 11.5. The van der Waals surface area contributed by atoms with Gasteiger partial charge in [-0.1, -0.05) is 6.07 Å². The first-order chi connectivity index (χ1) is 7.65. The second-order valence-electron chi connectivity index (χ2n) is 3.40. The number of carbonyl (C=O) groups is 1. The Labute approximate surface area is 96.0 Å². The maximum absolute atomic E-state index is 13.3. The quantitative estimate of drug-likeness (QED) is 0.888. The molecule has 1 aromatic heterocycles. The van der Waals surface area contributed by atoms with Crippen LogP contribution in [-0.2, 0) is 11.2 Å². The van der Waals surface area contributed by atoms with Gasteiger partial charge in [-0.05, 0) is 40.8 Å². The Morgan fingerprint density at radius 3 is 2.81 bits per heavy atom. The SMILES string of the molecule is O=C(O)Cc1cc(F)cc(-c2cccs2)c1. The molecule has 0 spiro atoms. The number of benzene rings is 1. The fourth-order valence-electron chi connectivity index (χ4n) is 1.51. The summed E-state index contributed by atoms with van der Waals surface area (Å²) in [6.07, 6.45) is -0.157. The molecule has 1 N–H and O–H groups in total. The van der Waals surface area contributed by atoms with E-state index in [1.807, 2.05) is 17.5 Å². The zero-order valence-electron chi connectivity index (χ0n) is 8.31. The van der Waals surface area contributed by atoms with Crippen LogP contribution in [0.5, 0.6) is 0 Å². The van der Waals surface area contributed by atoms with E-state index in [0.717, 1.165) is 10.4 Å². The molecule has 1 heterocycles. The van der Waals surface area contributed by atoms with Gasteiger partial charge in [0.1, 0.15) is 5.82 Å². The van der Waals surface area contributed by atoms with Crippen LogP contribution in [0.3, 0.4) is 0 Å². The number of halogens is 1. The zero-order valence-corrected chi connectivity index (χ0v) is 9.13. The average Bonchev–Trinajstić information content (AvgIpc) is 2.67. The first kappa shape index (κ1) is 10.8. The molecule has 0 aliphatic heterocycles. The van der Waals surface area contributed by atoms with Gasteiger partial charge >= 0.3 is 5.97 Å². The Morgan fingerprint density at radius 2 is 2.19 bits per heavy atom. The molecule has 0 aliphatic carbocycles. The van der Waals surface area contributed by atoms with Crippen molar-refractivity contribution in [3.8, 4) is 10.4 Å². The lowest BCUT2D eigenvalue weighted by Crippen LogP contribution is -2.00. The number of hydrogen-bond donors (Lipinski definition) is 1. The van der Waals surface area contributed by atoms with Gasteiger partial charge in [0.15, 0.2) is 0 Å². The van der Waals surface area contributed by atoms with Gasteiger partial charge in [-0.2, -0.15) is 0 Å².